The highest BCUT2D eigenvalue weighted by atomic mass is 19.4. The summed E-state index contributed by atoms with van der Waals surface area (Å²) in [6.07, 6.45) is -8.67. The molecule has 0 bridgehead atoms. The number of aryl methyl sites for hydroxylation is 1. The van der Waals surface area contributed by atoms with Crippen LogP contribution in [0.2, 0.25) is 0 Å². The van der Waals surface area contributed by atoms with Crippen LogP contribution in [0.4, 0.5) is 39.5 Å². The Labute approximate surface area is 233 Å². The zero-order valence-electron chi connectivity index (χ0n) is 21.3. The third-order valence-corrected chi connectivity index (χ3v) is 6.02. The molecule has 0 spiro atoms. The van der Waals surface area contributed by atoms with Crippen LogP contribution in [0.1, 0.15) is 24.0 Å². The molecule has 0 aliphatic heterocycles. The SMILES string of the molecule is O=c1[nH]ncc(O[C@H](CCCn2ccc3cc(-c4ncc(C(F)(F)F)cn4)c(F)cc3c2=O)COC(F)F)c1C(F)(F)F. The average Bonchev–Trinajstić information content (AvgIpc) is 2.91. The quantitative estimate of drug-likeness (QED) is 0.242. The van der Waals surface area contributed by atoms with Crippen LogP contribution in [0, 0.1) is 5.82 Å². The molecule has 0 amide bonds. The molecule has 43 heavy (non-hydrogen) atoms. The Morgan fingerprint density at radius 2 is 1.67 bits per heavy atom. The second-order valence-corrected chi connectivity index (χ2v) is 8.94. The summed E-state index contributed by atoms with van der Waals surface area (Å²) in [7, 11) is 0. The fraction of sp³-hybridized carbons (Fsp3) is 0.320. The lowest BCUT2D eigenvalue weighted by Gasteiger charge is -2.21. The molecular formula is C25H18F9N5O4. The first-order valence-electron chi connectivity index (χ1n) is 12.1. The molecule has 0 radical (unpaired) electrons. The molecule has 18 heteroatoms. The standard InChI is InChI=1S/C25H18F9N5O4/c26-17-7-15-12(6-16(17)20-35-8-13(9-36-20)24(29,30)31)3-5-39(22(15)41)4-1-2-14(11-42-23(27)28)43-18-10-37-38-21(40)19(18)25(32,33)34/h3,5-10,14,23H,1-2,4,11H2,(H,38,40)/t14-/m1/s1. The van der Waals surface area contributed by atoms with E-state index < -0.39 is 65.5 Å². The summed E-state index contributed by atoms with van der Waals surface area (Å²) in [6.45, 7) is -4.26. The lowest BCUT2D eigenvalue weighted by molar-refractivity contribution is -0.150. The number of fused-ring (bicyclic) bond motifs is 1. The first kappa shape index (κ1) is 31.5. The van der Waals surface area contributed by atoms with Crippen LogP contribution in [0.25, 0.3) is 22.2 Å². The molecule has 0 saturated carbocycles. The van der Waals surface area contributed by atoms with Gasteiger partial charge in [0.1, 0.15) is 11.9 Å². The number of aromatic amines is 1. The highest BCUT2D eigenvalue weighted by Crippen LogP contribution is 2.34. The van der Waals surface area contributed by atoms with Gasteiger partial charge in [-0.05, 0) is 36.4 Å². The maximum atomic E-state index is 14.9. The molecule has 3 aromatic heterocycles. The van der Waals surface area contributed by atoms with Gasteiger partial charge >= 0.3 is 19.0 Å². The summed E-state index contributed by atoms with van der Waals surface area (Å²) in [5.74, 6) is -2.35. The van der Waals surface area contributed by atoms with Crippen molar-refractivity contribution < 1.29 is 49.0 Å². The largest absolute Gasteiger partial charge is 0.485 e. The zero-order valence-corrected chi connectivity index (χ0v) is 21.3. The molecule has 4 rings (SSSR count). The Kier molecular flexibility index (Phi) is 9.07. The molecule has 230 valence electrons. The Morgan fingerprint density at radius 3 is 2.30 bits per heavy atom. The van der Waals surface area contributed by atoms with E-state index in [9.17, 15) is 49.1 Å². The summed E-state index contributed by atoms with van der Waals surface area (Å²) in [4.78, 5) is 31.7. The second-order valence-electron chi connectivity index (χ2n) is 8.94. The van der Waals surface area contributed by atoms with Gasteiger partial charge in [0, 0.05) is 25.1 Å². The van der Waals surface area contributed by atoms with Crippen molar-refractivity contribution >= 4 is 10.8 Å². The molecule has 0 fully saturated rings. The molecular weight excluding hydrogens is 605 g/mol. The molecule has 0 aliphatic carbocycles. The van der Waals surface area contributed by atoms with E-state index in [1.54, 1.807) is 5.10 Å². The van der Waals surface area contributed by atoms with Gasteiger partial charge in [-0.2, -0.15) is 40.2 Å². The zero-order chi connectivity index (χ0) is 31.5. The van der Waals surface area contributed by atoms with Crippen molar-refractivity contribution in [3.05, 3.63) is 80.6 Å². The molecule has 1 aromatic carbocycles. The van der Waals surface area contributed by atoms with Crippen LogP contribution in [-0.4, -0.2) is 44.1 Å². The number of H-pyrrole nitrogens is 1. The first-order chi connectivity index (χ1) is 20.1. The molecule has 9 nitrogen and oxygen atoms in total. The normalized spacial score (nSPS) is 13.1. The monoisotopic (exact) mass is 623 g/mol. The van der Waals surface area contributed by atoms with Crippen LogP contribution >= 0.6 is 0 Å². The lowest BCUT2D eigenvalue weighted by atomic mass is 10.1. The average molecular weight is 623 g/mol. The maximum absolute atomic E-state index is 14.9. The van der Waals surface area contributed by atoms with Crippen LogP contribution in [-0.2, 0) is 23.6 Å². The Morgan fingerprint density at radius 1 is 0.977 bits per heavy atom. The summed E-state index contributed by atoms with van der Waals surface area (Å²) in [6, 6.07) is 3.43. The number of hydrogen-bond acceptors (Lipinski definition) is 7. The first-order valence-corrected chi connectivity index (χ1v) is 12.1. The van der Waals surface area contributed by atoms with Gasteiger partial charge < -0.3 is 14.0 Å². The number of ether oxygens (including phenoxy) is 2. The van der Waals surface area contributed by atoms with Gasteiger partial charge in [0.15, 0.2) is 17.1 Å². The van der Waals surface area contributed by atoms with E-state index in [0.29, 0.717) is 18.6 Å². The van der Waals surface area contributed by atoms with E-state index >= 15 is 0 Å². The number of nitrogens with zero attached hydrogens (tertiary/aromatic N) is 4. The highest BCUT2D eigenvalue weighted by Gasteiger charge is 2.39. The molecule has 1 atom stereocenters. The van der Waals surface area contributed by atoms with Crippen LogP contribution in [0.15, 0.2) is 52.6 Å². The van der Waals surface area contributed by atoms with Gasteiger partial charge in [-0.1, -0.05) is 0 Å². The number of rotatable bonds is 10. The molecule has 1 N–H and O–H groups in total. The summed E-state index contributed by atoms with van der Waals surface area (Å²) in [5.41, 5.74) is -5.43. The second kappa shape index (κ2) is 12.4. The van der Waals surface area contributed by atoms with Crippen LogP contribution in [0.3, 0.4) is 0 Å². The van der Waals surface area contributed by atoms with Gasteiger partial charge in [-0.3, -0.25) is 9.59 Å². The fourth-order valence-corrected chi connectivity index (χ4v) is 4.03. The number of alkyl halides is 8. The van der Waals surface area contributed by atoms with Crippen molar-refractivity contribution in [2.45, 2.75) is 44.5 Å². The predicted octanol–water partition coefficient (Wildman–Crippen LogP) is 5.19. The molecule has 0 saturated heterocycles. The summed E-state index contributed by atoms with van der Waals surface area (Å²) >= 11 is 0. The van der Waals surface area contributed by atoms with E-state index in [4.69, 9.17) is 4.74 Å². The van der Waals surface area contributed by atoms with Crippen LogP contribution < -0.4 is 15.9 Å². The van der Waals surface area contributed by atoms with Gasteiger partial charge in [0.25, 0.3) is 11.1 Å². The van der Waals surface area contributed by atoms with Crippen molar-refractivity contribution in [3.63, 3.8) is 0 Å². The minimum Gasteiger partial charge on any atom is -0.485 e. The van der Waals surface area contributed by atoms with Gasteiger partial charge in [-0.15, -0.1) is 0 Å². The van der Waals surface area contributed by atoms with Crippen molar-refractivity contribution in [2.75, 3.05) is 6.61 Å². The number of benzene rings is 1. The molecule has 3 heterocycles. The van der Waals surface area contributed by atoms with E-state index in [2.05, 4.69) is 19.8 Å². The third-order valence-electron chi connectivity index (χ3n) is 6.02. The number of nitrogens with one attached hydrogen (secondary N) is 1. The number of halogens is 9. The molecule has 0 aliphatic rings. The van der Waals surface area contributed by atoms with Gasteiger partial charge in [0.05, 0.1) is 29.3 Å². The van der Waals surface area contributed by atoms with E-state index in [1.807, 2.05) is 0 Å². The van der Waals surface area contributed by atoms with E-state index in [1.165, 1.54) is 18.3 Å². The maximum Gasteiger partial charge on any atom is 0.425 e. The van der Waals surface area contributed by atoms with Gasteiger partial charge in [-0.25, -0.2) is 19.5 Å². The van der Waals surface area contributed by atoms with Crippen molar-refractivity contribution in [1.29, 1.82) is 0 Å². The third kappa shape index (κ3) is 7.49. The highest BCUT2D eigenvalue weighted by molar-refractivity contribution is 5.85. The van der Waals surface area contributed by atoms with Crippen molar-refractivity contribution in [1.82, 2.24) is 24.7 Å². The summed E-state index contributed by atoms with van der Waals surface area (Å²) < 4.78 is 129. The fourth-order valence-electron chi connectivity index (χ4n) is 4.03. The van der Waals surface area contributed by atoms with Crippen LogP contribution in [0.5, 0.6) is 5.75 Å². The van der Waals surface area contributed by atoms with Crippen molar-refractivity contribution in [3.8, 4) is 17.1 Å². The van der Waals surface area contributed by atoms with Crippen molar-refractivity contribution in [2.24, 2.45) is 0 Å². The number of aromatic nitrogens is 5. The topological polar surface area (TPSA) is 112 Å². The minimum atomic E-state index is -5.15. The Bertz CT molecular complexity index is 1700. The van der Waals surface area contributed by atoms with Gasteiger partial charge in [0.2, 0.25) is 0 Å². The Hall–Kier alpha value is -4.48. The number of hydrogen-bond donors (Lipinski definition) is 1. The lowest BCUT2D eigenvalue weighted by Crippen LogP contribution is -2.30. The van der Waals surface area contributed by atoms with E-state index in [-0.39, 0.29) is 41.5 Å². The summed E-state index contributed by atoms with van der Waals surface area (Å²) in [5, 5.41) is 4.94. The molecule has 0 unspecified atom stereocenters. The smallest absolute Gasteiger partial charge is 0.425 e. The minimum absolute atomic E-state index is 0.0272. The predicted molar refractivity (Wildman–Crippen MR) is 130 cm³/mol. The van der Waals surface area contributed by atoms with E-state index in [0.717, 1.165) is 10.6 Å². The number of pyridine rings is 1. The molecule has 4 aromatic rings. The Balaban J connectivity index is 1.52.